The molecule has 3 nitrogen and oxygen atoms in total. The van der Waals surface area contributed by atoms with Crippen LogP contribution in [0.2, 0.25) is 0 Å². The van der Waals surface area contributed by atoms with E-state index in [4.69, 9.17) is 0 Å². The molecule has 42 heavy (non-hydrogen) atoms. The lowest BCUT2D eigenvalue weighted by Gasteiger charge is -2.21. The number of ether oxygens (including phenoxy) is 2. The second-order valence-corrected chi connectivity index (χ2v) is 8.93. The number of nitrogens with zero attached hydrogens (tertiary/aromatic N) is 1. The molecule has 1 heterocycles. The molecule has 0 spiro atoms. The Balaban J connectivity index is 1.48. The van der Waals surface area contributed by atoms with Gasteiger partial charge < -0.3 is 9.47 Å². The van der Waals surface area contributed by atoms with Crippen LogP contribution in [0.3, 0.4) is 0 Å². The number of aryl methyl sites for hydroxylation is 1. The summed E-state index contributed by atoms with van der Waals surface area (Å²) < 4.78 is 137. The molecule has 0 fully saturated rings. The molecule has 0 aliphatic carbocycles. The topological polar surface area (TPSA) is 31.4 Å². The van der Waals surface area contributed by atoms with Crippen LogP contribution in [0.25, 0.3) is 11.1 Å². The van der Waals surface area contributed by atoms with Crippen LogP contribution in [0, 0.1) is 29.1 Å². The summed E-state index contributed by atoms with van der Waals surface area (Å²) in [5.74, 6) is -9.50. The van der Waals surface area contributed by atoms with E-state index in [2.05, 4.69) is 14.5 Å². The first-order chi connectivity index (χ1) is 19.8. The van der Waals surface area contributed by atoms with Crippen molar-refractivity contribution in [3.05, 3.63) is 125 Å². The molecule has 0 aliphatic heterocycles. The number of aromatic nitrogens is 1. The van der Waals surface area contributed by atoms with Gasteiger partial charge in [-0.05, 0) is 73.4 Å². The van der Waals surface area contributed by atoms with Gasteiger partial charge in [0.05, 0.1) is 0 Å². The first kappa shape index (κ1) is 30.5. The third-order valence-electron chi connectivity index (χ3n) is 5.94. The molecule has 0 amide bonds. The van der Waals surface area contributed by atoms with E-state index >= 15 is 0 Å². The average Bonchev–Trinajstić information content (AvgIpc) is 2.91. The predicted molar refractivity (Wildman–Crippen MR) is 135 cm³/mol. The number of benzene rings is 3. The molecular weight excluding hydrogens is 577 g/mol. The summed E-state index contributed by atoms with van der Waals surface area (Å²) in [4.78, 5) is 3.68. The molecule has 1 aromatic heterocycles. The lowest BCUT2D eigenvalue weighted by Crippen LogP contribution is -2.25. The van der Waals surface area contributed by atoms with Gasteiger partial charge in [0.25, 0.3) is 0 Å². The van der Waals surface area contributed by atoms with Crippen molar-refractivity contribution in [2.75, 3.05) is 0 Å². The fourth-order valence-corrected chi connectivity index (χ4v) is 3.86. The van der Waals surface area contributed by atoms with Gasteiger partial charge in [-0.15, -0.1) is 0 Å². The molecule has 0 saturated heterocycles. The Morgan fingerprint density at radius 3 is 1.90 bits per heavy atom. The van der Waals surface area contributed by atoms with Gasteiger partial charge in [0, 0.05) is 23.9 Å². The van der Waals surface area contributed by atoms with Gasteiger partial charge in [-0.25, -0.2) is 22.0 Å². The van der Waals surface area contributed by atoms with Crippen molar-refractivity contribution in [1.29, 1.82) is 0 Å². The van der Waals surface area contributed by atoms with Crippen molar-refractivity contribution in [3.63, 3.8) is 0 Å². The highest BCUT2D eigenvalue weighted by molar-refractivity contribution is 5.65. The van der Waals surface area contributed by atoms with Gasteiger partial charge in [0.2, 0.25) is 0 Å². The molecule has 220 valence electrons. The van der Waals surface area contributed by atoms with Crippen molar-refractivity contribution in [2.45, 2.75) is 32.0 Å². The molecule has 0 N–H and O–H groups in total. The Labute approximate surface area is 233 Å². The summed E-state index contributed by atoms with van der Waals surface area (Å²) in [6.07, 6.45) is -2.21. The van der Waals surface area contributed by atoms with E-state index in [-0.39, 0.29) is 0 Å². The fourth-order valence-electron chi connectivity index (χ4n) is 3.86. The molecule has 0 radical (unpaired) electrons. The SMILES string of the molecule is CC=CCCc1ccc(C(F)(F)Oc2ccc(C(F)(F)Oc3ccc(-c4cc(F)c(F)c(F)c4)c(F)c3)c(F)c2)nc1. The van der Waals surface area contributed by atoms with Crippen LogP contribution in [-0.4, -0.2) is 4.98 Å². The zero-order valence-electron chi connectivity index (χ0n) is 21.6. The highest BCUT2D eigenvalue weighted by Gasteiger charge is 2.40. The Hall–Kier alpha value is -4.48. The van der Waals surface area contributed by atoms with Gasteiger partial charge in [-0.1, -0.05) is 18.2 Å². The van der Waals surface area contributed by atoms with Crippen molar-refractivity contribution >= 4 is 0 Å². The zero-order chi connectivity index (χ0) is 30.7. The predicted octanol–water partition coefficient (Wildman–Crippen LogP) is 9.21. The Morgan fingerprint density at radius 1 is 0.714 bits per heavy atom. The first-order valence-corrected chi connectivity index (χ1v) is 12.3. The van der Waals surface area contributed by atoms with E-state index in [9.17, 15) is 39.5 Å². The second kappa shape index (κ2) is 12.2. The number of pyridine rings is 1. The summed E-state index contributed by atoms with van der Waals surface area (Å²) in [5.41, 5.74) is -2.36. The summed E-state index contributed by atoms with van der Waals surface area (Å²) in [7, 11) is 0. The van der Waals surface area contributed by atoms with E-state index in [0.717, 1.165) is 18.2 Å². The first-order valence-electron chi connectivity index (χ1n) is 12.3. The number of rotatable bonds is 10. The fraction of sp³-hybridized carbons (Fsp3) is 0.167. The minimum Gasteiger partial charge on any atom is -0.429 e. The van der Waals surface area contributed by atoms with Crippen LogP contribution < -0.4 is 9.47 Å². The third kappa shape index (κ3) is 6.87. The molecule has 4 aromatic rings. The molecule has 0 atom stereocenters. The minimum absolute atomic E-state index is 0.299. The maximum atomic E-state index is 14.8. The smallest absolute Gasteiger partial charge is 0.429 e. The summed E-state index contributed by atoms with van der Waals surface area (Å²) in [6.45, 7) is 1.84. The normalized spacial score (nSPS) is 12.1. The average molecular weight is 597 g/mol. The molecular formula is C30H20F9NO2. The molecule has 0 bridgehead atoms. The lowest BCUT2D eigenvalue weighted by atomic mass is 10.0. The standard InChI is InChI=1S/C30H20F9NO2/c1-2-3-4-5-17-6-11-27(40-16-17)30(38,39)42-20-8-10-22(24(32)15-20)29(36,37)41-19-7-9-21(23(31)14-19)18-12-25(33)28(35)26(34)13-18/h2-3,6-16H,4-5H2,1H3. The lowest BCUT2D eigenvalue weighted by molar-refractivity contribution is -0.190. The van der Waals surface area contributed by atoms with Gasteiger partial charge in [0.1, 0.15) is 28.7 Å². The Morgan fingerprint density at radius 2 is 1.33 bits per heavy atom. The second-order valence-electron chi connectivity index (χ2n) is 8.93. The van der Waals surface area contributed by atoms with Crippen LogP contribution in [0.5, 0.6) is 11.5 Å². The quantitative estimate of drug-likeness (QED) is 0.104. The number of hydrogen-bond donors (Lipinski definition) is 0. The Bertz CT molecular complexity index is 1580. The van der Waals surface area contributed by atoms with Crippen LogP contribution in [0.4, 0.5) is 39.5 Å². The van der Waals surface area contributed by atoms with Gasteiger partial charge in [-0.3, -0.25) is 4.98 Å². The third-order valence-corrected chi connectivity index (χ3v) is 5.94. The number of alkyl halides is 4. The minimum atomic E-state index is -4.42. The number of allylic oxidation sites excluding steroid dienone is 2. The number of halogens is 9. The monoisotopic (exact) mass is 597 g/mol. The Kier molecular flexibility index (Phi) is 8.83. The maximum Gasteiger partial charge on any atom is 0.444 e. The van der Waals surface area contributed by atoms with E-state index in [0.29, 0.717) is 54.8 Å². The van der Waals surface area contributed by atoms with Crippen LogP contribution in [-0.2, 0) is 18.6 Å². The molecule has 4 rings (SSSR count). The zero-order valence-corrected chi connectivity index (χ0v) is 21.6. The highest BCUT2D eigenvalue weighted by Crippen LogP contribution is 2.38. The maximum absolute atomic E-state index is 14.8. The van der Waals surface area contributed by atoms with E-state index in [1.807, 2.05) is 19.1 Å². The van der Waals surface area contributed by atoms with E-state index < -0.39 is 75.2 Å². The van der Waals surface area contributed by atoms with Gasteiger partial charge in [-0.2, -0.15) is 17.6 Å². The summed E-state index contributed by atoms with van der Waals surface area (Å²) in [5, 5.41) is 0. The van der Waals surface area contributed by atoms with Crippen LogP contribution >= 0.6 is 0 Å². The summed E-state index contributed by atoms with van der Waals surface area (Å²) >= 11 is 0. The molecule has 0 unspecified atom stereocenters. The van der Waals surface area contributed by atoms with Crippen molar-refractivity contribution in [3.8, 4) is 22.6 Å². The molecule has 0 saturated carbocycles. The van der Waals surface area contributed by atoms with E-state index in [1.165, 1.54) is 12.3 Å². The highest BCUT2D eigenvalue weighted by atomic mass is 19.3. The van der Waals surface area contributed by atoms with Gasteiger partial charge >= 0.3 is 12.2 Å². The molecule has 0 aliphatic rings. The largest absolute Gasteiger partial charge is 0.444 e. The van der Waals surface area contributed by atoms with Gasteiger partial charge in [0.15, 0.2) is 23.1 Å². The summed E-state index contributed by atoms with van der Waals surface area (Å²) in [6, 6.07) is 6.97. The van der Waals surface area contributed by atoms with Crippen molar-refractivity contribution < 1.29 is 49.0 Å². The van der Waals surface area contributed by atoms with Crippen LogP contribution in [0.15, 0.2) is 79.0 Å². The molecule has 12 heteroatoms. The number of hydrogen-bond acceptors (Lipinski definition) is 3. The van der Waals surface area contributed by atoms with Crippen molar-refractivity contribution in [2.24, 2.45) is 0 Å². The van der Waals surface area contributed by atoms with E-state index in [1.54, 1.807) is 0 Å². The van der Waals surface area contributed by atoms with Crippen LogP contribution in [0.1, 0.15) is 30.2 Å². The van der Waals surface area contributed by atoms with Crippen molar-refractivity contribution in [1.82, 2.24) is 4.98 Å². The molecule has 3 aromatic carbocycles.